The van der Waals surface area contributed by atoms with E-state index in [-0.39, 0.29) is 11.7 Å². The SMILES string of the molecule is CCC(C(=O)NCCCN(CC)CC)n1nc([N+](=O)[O-])cc1C. The molecular weight excluding hydrogens is 298 g/mol. The second-order valence-electron chi connectivity index (χ2n) is 5.44. The van der Waals surface area contributed by atoms with Crippen LogP contribution in [0, 0.1) is 17.0 Å². The molecule has 0 spiro atoms. The van der Waals surface area contributed by atoms with Crippen molar-refractivity contribution >= 4 is 11.7 Å². The highest BCUT2D eigenvalue weighted by molar-refractivity contribution is 5.80. The summed E-state index contributed by atoms with van der Waals surface area (Å²) in [4.78, 5) is 24.9. The predicted molar refractivity (Wildman–Crippen MR) is 88.4 cm³/mol. The largest absolute Gasteiger partial charge is 0.390 e. The quantitative estimate of drug-likeness (QED) is 0.403. The van der Waals surface area contributed by atoms with Crippen LogP contribution in [0.5, 0.6) is 0 Å². The lowest BCUT2D eigenvalue weighted by atomic mass is 10.2. The van der Waals surface area contributed by atoms with Gasteiger partial charge in [-0.05, 0) is 44.3 Å². The van der Waals surface area contributed by atoms with Crippen LogP contribution in [0.15, 0.2) is 6.07 Å². The zero-order valence-corrected chi connectivity index (χ0v) is 14.4. The number of nitro groups is 1. The second-order valence-corrected chi connectivity index (χ2v) is 5.44. The maximum atomic E-state index is 12.3. The summed E-state index contributed by atoms with van der Waals surface area (Å²) in [7, 11) is 0. The van der Waals surface area contributed by atoms with Gasteiger partial charge in [0.15, 0.2) is 6.04 Å². The van der Waals surface area contributed by atoms with Gasteiger partial charge < -0.3 is 20.3 Å². The molecule has 0 radical (unpaired) electrons. The second kappa shape index (κ2) is 9.24. The van der Waals surface area contributed by atoms with Crippen LogP contribution in [0.25, 0.3) is 0 Å². The highest BCUT2D eigenvalue weighted by atomic mass is 16.6. The number of carbonyl (C=O) groups is 1. The van der Waals surface area contributed by atoms with Crippen LogP contribution in [-0.2, 0) is 4.79 Å². The van der Waals surface area contributed by atoms with Crippen molar-refractivity contribution in [2.24, 2.45) is 0 Å². The average molecular weight is 325 g/mol. The fourth-order valence-electron chi connectivity index (χ4n) is 2.52. The molecule has 1 amide bonds. The van der Waals surface area contributed by atoms with Crippen LogP contribution in [0.1, 0.15) is 45.3 Å². The van der Waals surface area contributed by atoms with E-state index in [1.807, 2.05) is 6.92 Å². The van der Waals surface area contributed by atoms with Crippen LogP contribution in [-0.4, -0.2) is 51.7 Å². The molecule has 8 heteroatoms. The maximum absolute atomic E-state index is 12.3. The third kappa shape index (κ3) is 5.31. The van der Waals surface area contributed by atoms with Crippen molar-refractivity contribution in [2.75, 3.05) is 26.2 Å². The van der Waals surface area contributed by atoms with Gasteiger partial charge in [0.2, 0.25) is 5.91 Å². The number of hydrogen-bond acceptors (Lipinski definition) is 5. The lowest BCUT2D eigenvalue weighted by Gasteiger charge is -2.18. The van der Waals surface area contributed by atoms with E-state index in [2.05, 4.69) is 29.2 Å². The van der Waals surface area contributed by atoms with E-state index in [4.69, 9.17) is 0 Å². The van der Waals surface area contributed by atoms with Gasteiger partial charge in [-0.15, -0.1) is 0 Å². The Balaban J connectivity index is 2.60. The summed E-state index contributed by atoms with van der Waals surface area (Å²) < 4.78 is 1.44. The first kappa shape index (κ1) is 19.1. The molecule has 0 bridgehead atoms. The Morgan fingerprint density at radius 3 is 2.57 bits per heavy atom. The lowest BCUT2D eigenvalue weighted by molar-refractivity contribution is -0.389. The summed E-state index contributed by atoms with van der Waals surface area (Å²) in [5.74, 6) is -0.372. The topological polar surface area (TPSA) is 93.3 Å². The van der Waals surface area contributed by atoms with Crippen LogP contribution >= 0.6 is 0 Å². The molecule has 130 valence electrons. The number of amides is 1. The molecule has 1 unspecified atom stereocenters. The van der Waals surface area contributed by atoms with Crippen molar-refractivity contribution in [2.45, 2.75) is 46.6 Å². The Kier molecular flexibility index (Phi) is 7.67. The minimum absolute atomic E-state index is 0.145. The van der Waals surface area contributed by atoms with Crippen molar-refractivity contribution in [1.29, 1.82) is 0 Å². The van der Waals surface area contributed by atoms with Crippen LogP contribution < -0.4 is 5.32 Å². The molecule has 1 aromatic heterocycles. The predicted octanol–water partition coefficient (Wildman–Crippen LogP) is 1.90. The summed E-state index contributed by atoms with van der Waals surface area (Å²) in [5.41, 5.74) is 0.613. The number of aromatic nitrogens is 2. The van der Waals surface area contributed by atoms with E-state index in [0.29, 0.717) is 18.7 Å². The molecule has 0 aliphatic carbocycles. The molecule has 8 nitrogen and oxygen atoms in total. The first-order valence-electron chi connectivity index (χ1n) is 8.15. The van der Waals surface area contributed by atoms with Crippen molar-refractivity contribution in [3.05, 3.63) is 21.9 Å². The molecule has 1 aromatic rings. The normalized spacial score (nSPS) is 12.4. The Bertz CT molecular complexity index is 525. The zero-order valence-electron chi connectivity index (χ0n) is 14.4. The van der Waals surface area contributed by atoms with Gasteiger partial charge in [0.05, 0.1) is 16.9 Å². The van der Waals surface area contributed by atoms with Crippen LogP contribution in [0.4, 0.5) is 5.82 Å². The van der Waals surface area contributed by atoms with E-state index in [9.17, 15) is 14.9 Å². The molecule has 1 atom stereocenters. The molecule has 0 fully saturated rings. The maximum Gasteiger partial charge on any atom is 0.390 e. The van der Waals surface area contributed by atoms with Gasteiger partial charge in [-0.25, -0.2) is 0 Å². The minimum atomic E-state index is -0.543. The van der Waals surface area contributed by atoms with Gasteiger partial charge in [-0.1, -0.05) is 20.8 Å². The van der Waals surface area contributed by atoms with E-state index in [1.54, 1.807) is 6.92 Å². The lowest BCUT2D eigenvalue weighted by Crippen LogP contribution is -2.35. The average Bonchev–Trinajstić information content (AvgIpc) is 2.90. The molecular formula is C15H27N5O3. The van der Waals surface area contributed by atoms with E-state index in [1.165, 1.54) is 10.7 Å². The van der Waals surface area contributed by atoms with Gasteiger partial charge >= 0.3 is 5.82 Å². The zero-order chi connectivity index (χ0) is 17.4. The Hall–Kier alpha value is -1.96. The summed E-state index contributed by atoms with van der Waals surface area (Å²) in [6.45, 7) is 11.3. The van der Waals surface area contributed by atoms with Crippen molar-refractivity contribution in [1.82, 2.24) is 20.0 Å². The molecule has 23 heavy (non-hydrogen) atoms. The number of nitrogens with zero attached hydrogens (tertiary/aromatic N) is 4. The molecule has 0 aliphatic heterocycles. The van der Waals surface area contributed by atoms with E-state index < -0.39 is 11.0 Å². The summed E-state index contributed by atoms with van der Waals surface area (Å²) >= 11 is 0. The van der Waals surface area contributed by atoms with Gasteiger partial charge in [0.25, 0.3) is 0 Å². The number of rotatable bonds is 10. The van der Waals surface area contributed by atoms with Gasteiger partial charge in [-0.2, -0.15) is 4.68 Å². The van der Waals surface area contributed by atoms with Crippen LogP contribution in [0.3, 0.4) is 0 Å². The van der Waals surface area contributed by atoms with Crippen molar-refractivity contribution < 1.29 is 9.72 Å². The highest BCUT2D eigenvalue weighted by Gasteiger charge is 2.26. The van der Waals surface area contributed by atoms with E-state index in [0.717, 1.165) is 26.1 Å². The standard InChI is InChI=1S/C15H27N5O3/c1-5-13(19-12(4)11-14(17-19)20(22)23)15(21)16-9-8-10-18(6-2)7-3/h11,13H,5-10H2,1-4H3,(H,16,21). The Labute approximate surface area is 137 Å². The smallest absolute Gasteiger partial charge is 0.358 e. The van der Waals surface area contributed by atoms with Gasteiger partial charge in [-0.3, -0.25) is 4.79 Å². The Morgan fingerprint density at radius 1 is 1.43 bits per heavy atom. The molecule has 1 N–H and O–H groups in total. The first-order valence-corrected chi connectivity index (χ1v) is 8.15. The molecule has 0 saturated carbocycles. The molecule has 0 aromatic carbocycles. The first-order chi connectivity index (χ1) is 10.9. The molecule has 0 aliphatic rings. The third-order valence-corrected chi connectivity index (χ3v) is 3.93. The minimum Gasteiger partial charge on any atom is -0.358 e. The number of hydrogen-bond donors (Lipinski definition) is 1. The van der Waals surface area contributed by atoms with Crippen molar-refractivity contribution in [3.8, 4) is 0 Å². The summed E-state index contributed by atoms with van der Waals surface area (Å²) in [6, 6.07) is 0.869. The van der Waals surface area contributed by atoms with Gasteiger partial charge in [0, 0.05) is 6.54 Å². The fourth-order valence-corrected chi connectivity index (χ4v) is 2.52. The monoisotopic (exact) mass is 325 g/mol. The fraction of sp³-hybridized carbons (Fsp3) is 0.733. The Morgan fingerprint density at radius 2 is 2.09 bits per heavy atom. The molecule has 1 rings (SSSR count). The van der Waals surface area contributed by atoms with Gasteiger partial charge in [0.1, 0.15) is 0 Å². The summed E-state index contributed by atoms with van der Waals surface area (Å²) in [6.07, 6.45) is 1.41. The summed E-state index contributed by atoms with van der Waals surface area (Å²) in [5, 5.41) is 17.6. The highest BCUT2D eigenvalue weighted by Crippen LogP contribution is 2.18. The number of carbonyl (C=O) groups excluding carboxylic acids is 1. The third-order valence-electron chi connectivity index (χ3n) is 3.93. The van der Waals surface area contributed by atoms with E-state index >= 15 is 0 Å². The molecule has 1 heterocycles. The van der Waals surface area contributed by atoms with Crippen molar-refractivity contribution in [3.63, 3.8) is 0 Å². The molecule has 0 saturated heterocycles. The van der Waals surface area contributed by atoms with Crippen LogP contribution in [0.2, 0.25) is 0 Å². The number of nitrogens with one attached hydrogen (secondary N) is 1. The number of aryl methyl sites for hydroxylation is 1.